The quantitative estimate of drug-likeness (QED) is 0.811. The molecule has 0 aromatic rings. The molecule has 3 atom stereocenters. The van der Waals surface area contributed by atoms with Crippen LogP contribution in [0, 0.1) is 5.92 Å². The Hall–Kier alpha value is -0.610. The molecule has 0 radical (unpaired) electrons. The molecule has 0 spiro atoms. The smallest absolute Gasteiger partial charge is 0.237 e. The van der Waals surface area contributed by atoms with E-state index in [0.717, 1.165) is 32.6 Å². The van der Waals surface area contributed by atoms with Crippen LogP contribution in [0.25, 0.3) is 0 Å². The highest BCUT2D eigenvalue weighted by Gasteiger charge is 2.27. The molecule has 0 aromatic carbocycles. The van der Waals surface area contributed by atoms with Gasteiger partial charge in [-0.2, -0.15) is 0 Å². The topological polar surface area (TPSA) is 44.4 Å². The minimum absolute atomic E-state index is 0.0206. The van der Waals surface area contributed by atoms with E-state index in [1.165, 1.54) is 25.7 Å². The summed E-state index contributed by atoms with van der Waals surface area (Å²) in [6, 6.07) is 0.322. The van der Waals surface area contributed by atoms with Crippen molar-refractivity contribution in [2.45, 2.75) is 58.0 Å². The van der Waals surface area contributed by atoms with Crippen LogP contribution in [0.15, 0.2) is 0 Å². The Morgan fingerprint density at radius 2 is 1.95 bits per heavy atom. The molecule has 2 rings (SSSR count). The summed E-state index contributed by atoms with van der Waals surface area (Å²) >= 11 is 0. The molecule has 0 saturated carbocycles. The molecule has 1 amide bonds. The summed E-state index contributed by atoms with van der Waals surface area (Å²) < 4.78 is 0. The zero-order valence-corrected chi connectivity index (χ0v) is 12.5. The zero-order chi connectivity index (χ0) is 13.7. The summed E-state index contributed by atoms with van der Waals surface area (Å²) in [6.45, 7) is 8.44. The van der Waals surface area contributed by atoms with Crippen LogP contribution in [0.3, 0.4) is 0 Å². The first-order valence-corrected chi connectivity index (χ1v) is 7.93. The summed E-state index contributed by atoms with van der Waals surface area (Å²) in [5.74, 6) is 0.795. The molecule has 4 heteroatoms. The molecule has 0 aliphatic carbocycles. The van der Waals surface area contributed by atoms with E-state index < -0.39 is 0 Å². The third-order valence-electron chi connectivity index (χ3n) is 4.72. The van der Waals surface area contributed by atoms with Gasteiger partial charge in [0.2, 0.25) is 5.91 Å². The van der Waals surface area contributed by atoms with Crippen LogP contribution in [0.2, 0.25) is 0 Å². The van der Waals surface area contributed by atoms with Crippen LogP contribution < -0.4 is 10.6 Å². The number of piperidine rings is 1. The van der Waals surface area contributed by atoms with Gasteiger partial charge in [-0.15, -0.1) is 0 Å². The molecule has 2 aliphatic rings. The molecule has 19 heavy (non-hydrogen) atoms. The lowest BCUT2D eigenvalue weighted by Crippen LogP contribution is -2.55. The van der Waals surface area contributed by atoms with Crippen LogP contribution in [-0.2, 0) is 4.79 Å². The van der Waals surface area contributed by atoms with Crippen LogP contribution in [-0.4, -0.2) is 49.1 Å². The van der Waals surface area contributed by atoms with Crippen molar-refractivity contribution in [3.63, 3.8) is 0 Å². The fourth-order valence-electron chi connectivity index (χ4n) is 3.13. The number of hydrogen-bond acceptors (Lipinski definition) is 3. The van der Waals surface area contributed by atoms with Crippen molar-refractivity contribution >= 4 is 5.91 Å². The normalized spacial score (nSPS) is 31.5. The highest BCUT2D eigenvalue weighted by atomic mass is 16.2. The van der Waals surface area contributed by atoms with Gasteiger partial charge in [-0.1, -0.05) is 19.8 Å². The molecule has 3 unspecified atom stereocenters. The Morgan fingerprint density at radius 3 is 2.58 bits per heavy atom. The maximum atomic E-state index is 12.4. The van der Waals surface area contributed by atoms with Gasteiger partial charge < -0.3 is 10.6 Å². The number of nitrogens with one attached hydrogen (secondary N) is 2. The molecule has 110 valence electrons. The number of carbonyl (C=O) groups excluding carboxylic acids is 1. The Bertz CT molecular complexity index is 287. The second-order valence-corrected chi connectivity index (χ2v) is 6.21. The Labute approximate surface area is 117 Å². The lowest BCUT2D eigenvalue weighted by Gasteiger charge is -2.33. The van der Waals surface area contributed by atoms with Gasteiger partial charge in [-0.3, -0.25) is 9.69 Å². The second-order valence-electron chi connectivity index (χ2n) is 6.21. The van der Waals surface area contributed by atoms with Gasteiger partial charge in [0, 0.05) is 12.6 Å². The predicted octanol–water partition coefficient (Wildman–Crippen LogP) is 1.37. The van der Waals surface area contributed by atoms with Gasteiger partial charge in [0.15, 0.2) is 0 Å². The van der Waals surface area contributed by atoms with Crippen LogP contribution >= 0.6 is 0 Å². The average molecular weight is 267 g/mol. The molecule has 2 N–H and O–H groups in total. The van der Waals surface area contributed by atoms with E-state index in [-0.39, 0.29) is 11.9 Å². The average Bonchev–Trinajstić information content (AvgIpc) is 2.69. The number of carbonyl (C=O) groups is 1. The molecule has 0 bridgehead atoms. The SMILES string of the molecule is CC1CCNCC1NC(=O)C(C)N1CCCCCC1. The van der Waals surface area contributed by atoms with Gasteiger partial charge in [0.25, 0.3) is 0 Å². The van der Waals surface area contributed by atoms with Gasteiger partial charge in [0.1, 0.15) is 0 Å². The predicted molar refractivity (Wildman–Crippen MR) is 78.1 cm³/mol. The van der Waals surface area contributed by atoms with E-state index in [0.29, 0.717) is 12.0 Å². The molecular weight excluding hydrogens is 238 g/mol. The van der Waals surface area contributed by atoms with E-state index >= 15 is 0 Å². The number of likely N-dealkylation sites (tertiary alicyclic amines) is 1. The van der Waals surface area contributed by atoms with Crippen molar-refractivity contribution in [3.8, 4) is 0 Å². The largest absolute Gasteiger partial charge is 0.350 e. The number of nitrogens with zero attached hydrogens (tertiary/aromatic N) is 1. The lowest BCUT2D eigenvalue weighted by atomic mass is 9.94. The van der Waals surface area contributed by atoms with E-state index in [9.17, 15) is 4.79 Å². The second kappa shape index (κ2) is 7.25. The molecular formula is C15H29N3O. The van der Waals surface area contributed by atoms with Crippen molar-refractivity contribution in [1.29, 1.82) is 0 Å². The summed E-state index contributed by atoms with van der Waals surface area (Å²) in [6.07, 6.45) is 6.25. The molecule has 2 fully saturated rings. The van der Waals surface area contributed by atoms with E-state index in [4.69, 9.17) is 0 Å². The van der Waals surface area contributed by atoms with E-state index in [1.807, 2.05) is 0 Å². The van der Waals surface area contributed by atoms with Crippen LogP contribution in [0.5, 0.6) is 0 Å². The van der Waals surface area contributed by atoms with Crippen molar-refractivity contribution in [2.75, 3.05) is 26.2 Å². The zero-order valence-electron chi connectivity index (χ0n) is 12.5. The maximum Gasteiger partial charge on any atom is 0.237 e. The van der Waals surface area contributed by atoms with Crippen LogP contribution in [0.4, 0.5) is 0 Å². The summed E-state index contributed by atoms with van der Waals surface area (Å²) in [7, 11) is 0. The summed E-state index contributed by atoms with van der Waals surface area (Å²) in [4.78, 5) is 14.7. The maximum absolute atomic E-state index is 12.4. The first-order chi connectivity index (χ1) is 9.18. The molecule has 2 aliphatic heterocycles. The summed E-state index contributed by atoms with van der Waals surface area (Å²) in [5, 5.41) is 6.61. The highest BCUT2D eigenvalue weighted by Crippen LogP contribution is 2.14. The van der Waals surface area contributed by atoms with Crippen molar-refractivity contribution in [2.24, 2.45) is 5.92 Å². The van der Waals surface area contributed by atoms with Gasteiger partial charge in [-0.05, 0) is 51.7 Å². The fraction of sp³-hybridized carbons (Fsp3) is 0.933. The standard InChI is InChI=1S/C15H29N3O/c1-12-7-8-16-11-14(12)17-15(19)13(2)18-9-5-3-4-6-10-18/h12-14,16H,3-11H2,1-2H3,(H,17,19). The first-order valence-electron chi connectivity index (χ1n) is 7.93. The molecule has 2 saturated heterocycles. The molecule has 4 nitrogen and oxygen atoms in total. The van der Waals surface area contributed by atoms with Crippen LogP contribution in [0.1, 0.15) is 46.0 Å². The van der Waals surface area contributed by atoms with Gasteiger partial charge >= 0.3 is 0 Å². The van der Waals surface area contributed by atoms with E-state index in [2.05, 4.69) is 29.4 Å². The van der Waals surface area contributed by atoms with Crippen molar-refractivity contribution in [3.05, 3.63) is 0 Å². The molecule has 2 heterocycles. The minimum atomic E-state index is 0.0206. The fourth-order valence-corrected chi connectivity index (χ4v) is 3.13. The highest BCUT2D eigenvalue weighted by molar-refractivity contribution is 5.81. The third-order valence-corrected chi connectivity index (χ3v) is 4.72. The van der Waals surface area contributed by atoms with Crippen molar-refractivity contribution in [1.82, 2.24) is 15.5 Å². The Kier molecular flexibility index (Phi) is 5.64. The minimum Gasteiger partial charge on any atom is -0.350 e. The lowest BCUT2D eigenvalue weighted by molar-refractivity contribution is -0.127. The van der Waals surface area contributed by atoms with E-state index in [1.54, 1.807) is 0 Å². The Balaban J connectivity index is 1.83. The van der Waals surface area contributed by atoms with Gasteiger partial charge in [0.05, 0.1) is 6.04 Å². The first kappa shape index (κ1) is 14.8. The number of amides is 1. The van der Waals surface area contributed by atoms with Crippen molar-refractivity contribution < 1.29 is 4.79 Å². The monoisotopic (exact) mass is 267 g/mol. The third kappa shape index (κ3) is 4.18. The van der Waals surface area contributed by atoms with Gasteiger partial charge in [-0.25, -0.2) is 0 Å². The number of hydrogen-bond donors (Lipinski definition) is 2. The summed E-state index contributed by atoms with van der Waals surface area (Å²) in [5.41, 5.74) is 0. The molecule has 0 aromatic heterocycles. The Morgan fingerprint density at radius 1 is 1.26 bits per heavy atom. The number of rotatable bonds is 3.